The molecule has 21 heavy (non-hydrogen) atoms. The SMILES string of the molecule is COCCN(CC(C)C)C(=O)C1CC1c1ccc(Br)cc1. The van der Waals surface area contributed by atoms with Crippen molar-refractivity contribution in [2.75, 3.05) is 26.8 Å². The van der Waals surface area contributed by atoms with Gasteiger partial charge in [-0.3, -0.25) is 4.79 Å². The van der Waals surface area contributed by atoms with Crippen LogP contribution in [-0.2, 0) is 9.53 Å². The maximum absolute atomic E-state index is 12.7. The predicted octanol–water partition coefficient (Wildman–Crippen LogP) is 3.68. The molecular formula is C17H24BrNO2. The molecule has 0 bridgehead atoms. The van der Waals surface area contributed by atoms with Gasteiger partial charge in [-0.2, -0.15) is 0 Å². The molecule has 0 radical (unpaired) electrons. The Balaban J connectivity index is 1.97. The van der Waals surface area contributed by atoms with Crippen molar-refractivity contribution in [3.05, 3.63) is 34.3 Å². The van der Waals surface area contributed by atoms with E-state index in [-0.39, 0.29) is 11.8 Å². The van der Waals surface area contributed by atoms with Gasteiger partial charge in [0.15, 0.2) is 0 Å². The van der Waals surface area contributed by atoms with Crippen LogP contribution < -0.4 is 0 Å². The van der Waals surface area contributed by atoms with Crippen molar-refractivity contribution < 1.29 is 9.53 Å². The summed E-state index contributed by atoms with van der Waals surface area (Å²) in [6.45, 7) is 6.40. The second kappa shape index (κ2) is 7.41. The second-order valence-electron chi connectivity index (χ2n) is 6.17. The Labute approximate surface area is 135 Å². The van der Waals surface area contributed by atoms with Gasteiger partial charge in [-0.1, -0.05) is 41.9 Å². The molecule has 0 spiro atoms. The van der Waals surface area contributed by atoms with E-state index >= 15 is 0 Å². The van der Waals surface area contributed by atoms with E-state index in [1.54, 1.807) is 7.11 Å². The summed E-state index contributed by atoms with van der Waals surface area (Å²) < 4.78 is 6.21. The molecule has 116 valence electrons. The highest BCUT2D eigenvalue weighted by Crippen LogP contribution is 2.48. The molecule has 2 atom stereocenters. The van der Waals surface area contributed by atoms with Crippen LogP contribution in [0.5, 0.6) is 0 Å². The summed E-state index contributed by atoms with van der Waals surface area (Å²) in [6, 6.07) is 8.33. The summed E-state index contributed by atoms with van der Waals surface area (Å²) in [4.78, 5) is 14.6. The van der Waals surface area contributed by atoms with Crippen LogP contribution >= 0.6 is 15.9 Å². The molecule has 1 amide bonds. The van der Waals surface area contributed by atoms with E-state index in [2.05, 4.69) is 41.9 Å². The van der Waals surface area contributed by atoms with Gasteiger partial charge in [0.05, 0.1) is 6.61 Å². The predicted molar refractivity (Wildman–Crippen MR) is 88.3 cm³/mol. The van der Waals surface area contributed by atoms with Crippen LogP contribution in [0.4, 0.5) is 0 Å². The zero-order valence-electron chi connectivity index (χ0n) is 13.0. The molecule has 1 aromatic carbocycles. The number of halogens is 1. The number of nitrogens with zero attached hydrogens (tertiary/aromatic N) is 1. The molecule has 0 heterocycles. The summed E-state index contributed by atoms with van der Waals surface area (Å²) in [6.07, 6.45) is 0.974. The van der Waals surface area contributed by atoms with E-state index in [0.717, 1.165) is 17.4 Å². The number of carbonyl (C=O) groups is 1. The average molecular weight is 354 g/mol. The molecule has 2 rings (SSSR count). The lowest BCUT2D eigenvalue weighted by Crippen LogP contribution is -2.38. The summed E-state index contributed by atoms with van der Waals surface area (Å²) in [5.41, 5.74) is 1.27. The first-order valence-electron chi connectivity index (χ1n) is 7.56. The molecule has 0 N–H and O–H groups in total. The molecule has 1 fully saturated rings. The van der Waals surface area contributed by atoms with Crippen LogP contribution in [0.25, 0.3) is 0 Å². The fourth-order valence-electron chi connectivity index (χ4n) is 2.71. The van der Waals surface area contributed by atoms with Gasteiger partial charge in [0, 0.05) is 30.6 Å². The number of hydrogen-bond donors (Lipinski definition) is 0. The van der Waals surface area contributed by atoms with E-state index < -0.39 is 0 Å². The third-order valence-corrected chi connectivity index (χ3v) is 4.40. The highest BCUT2D eigenvalue weighted by Gasteiger charge is 2.45. The Kier molecular flexibility index (Phi) is 5.82. The van der Waals surface area contributed by atoms with Crippen LogP contribution in [0.3, 0.4) is 0 Å². The van der Waals surface area contributed by atoms with Gasteiger partial charge >= 0.3 is 0 Å². The number of benzene rings is 1. The quantitative estimate of drug-likeness (QED) is 0.748. The molecular weight excluding hydrogens is 330 g/mol. The van der Waals surface area contributed by atoms with E-state index in [4.69, 9.17) is 4.74 Å². The molecule has 4 heteroatoms. The van der Waals surface area contributed by atoms with Crippen molar-refractivity contribution in [2.45, 2.75) is 26.2 Å². The number of ether oxygens (including phenoxy) is 1. The van der Waals surface area contributed by atoms with Gasteiger partial charge in [0.2, 0.25) is 5.91 Å². The zero-order chi connectivity index (χ0) is 15.4. The van der Waals surface area contributed by atoms with E-state index in [9.17, 15) is 4.79 Å². The molecule has 1 aromatic rings. The number of methoxy groups -OCH3 is 1. The first-order chi connectivity index (χ1) is 10.0. The Morgan fingerprint density at radius 1 is 1.38 bits per heavy atom. The lowest BCUT2D eigenvalue weighted by Gasteiger charge is -2.24. The number of hydrogen-bond acceptors (Lipinski definition) is 2. The molecule has 3 nitrogen and oxygen atoms in total. The van der Waals surface area contributed by atoms with Crippen molar-refractivity contribution in [3.8, 4) is 0 Å². The van der Waals surface area contributed by atoms with Crippen LogP contribution in [0.1, 0.15) is 31.7 Å². The highest BCUT2D eigenvalue weighted by atomic mass is 79.9. The Morgan fingerprint density at radius 3 is 2.62 bits per heavy atom. The minimum Gasteiger partial charge on any atom is -0.383 e. The van der Waals surface area contributed by atoms with Gasteiger partial charge in [0.25, 0.3) is 0 Å². The lowest BCUT2D eigenvalue weighted by molar-refractivity contribution is -0.133. The Hall–Kier alpha value is -0.870. The van der Waals surface area contributed by atoms with Gasteiger partial charge in [-0.15, -0.1) is 0 Å². The topological polar surface area (TPSA) is 29.5 Å². The third-order valence-electron chi connectivity index (χ3n) is 3.87. The molecule has 1 saturated carbocycles. The van der Waals surface area contributed by atoms with E-state index in [0.29, 0.717) is 25.0 Å². The maximum Gasteiger partial charge on any atom is 0.226 e. The van der Waals surface area contributed by atoms with Crippen molar-refractivity contribution in [1.82, 2.24) is 4.90 Å². The van der Waals surface area contributed by atoms with Crippen molar-refractivity contribution in [2.24, 2.45) is 11.8 Å². The van der Waals surface area contributed by atoms with Crippen LogP contribution in [0.2, 0.25) is 0 Å². The van der Waals surface area contributed by atoms with Crippen LogP contribution in [0, 0.1) is 11.8 Å². The smallest absolute Gasteiger partial charge is 0.226 e. The summed E-state index contributed by atoms with van der Waals surface area (Å²) in [7, 11) is 1.68. The zero-order valence-corrected chi connectivity index (χ0v) is 14.6. The Bertz CT molecular complexity index is 472. The highest BCUT2D eigenvalue weighted by molar-refractivity contribution is 9.10. The standard InChI is InChI=1S/C17H24BrNO2/c1-12(2)11-19(8-9-21-3)17(20)16-10-15(16)13-4-6-14(18)7-5-13/h4-7,12,15-16H,8-11H2,1-3H3. The van der Waals surface area contributed by atoms with Crippen molar-refractivity contribution in [3.63, 3.8) is 0 Å². The maximum atomic E-state index is 12.7. The largest absolute Gasteiger partial charge is 0.383 e. The first kappa shape index (κ1) is 16.5. The van der Waals surface area contributed by atoms with Gasteiger partial charge in [-0.05, 0) is 36.0 Å². The normalized spacial score (nSPS) is 20.6. The number of rotatable bonds is 7. The Morgan fingerprint density at radius 2 is 2.05 bits per heavy atom. The van der Waals surface area contributed by atoms with E-state index in [1.165, 1.54) is 5.56 Å². The minimum absolute atomic E-state index is 0.154. The molecule has 0 aliphatic heterocycles. The molecule has 0 aromatic heterocycles. The van der Waals surface area contributed by atoms with Crippen molar-refractivity contribution >= 4 is 21.8 Å². The fraction of sp³-hybridized carbons (Fsp3) is 0.588. The van der Waals surface area contributed by atoms with E-state index in [1.807, 2.05) is 17.0 Å². The third kappa shape index (κ3) is 4.55. The fourth-order valence-corrected chi connectivity index (χ4v) is 2.98. The van der Waals surface area contributed by atoms with Gasteiger partial charge in [0.1, 0.15) is 0 Å². The molecule has 2 unspecified atom stereocenters. The number of amides is 1. The average Bonchev–Trinajstić information content (AvgIpc) is 3.23. The first-order valence-corrected chi connectivity index (χ1v) is 8.35. The lowest BCUT2D eigenvalue weighted by atomic mass is 10.1. The minimum atomic E-state index is 0.154. The van der Waals surface area contributed by atoms with Gasteiger partial charge in [-0.25, -0.2) is 0 Å². The number of carbonyl (C=O) groups excluding carboxylic acids is 1. The summed E-state index contributed by atoms with van der Waals surface area (Å²) in [5.74, 6) is 1.31. The second-order valence-corrected chi connectivity index (χ2v) is 7.09. The van der Waals surface area contributed by atoms with Crippen LogP contribution in [-0.4, -0.2) is 37.6 Å². The summed E-state index contributed by atoms with van der Waals surface area (Å²) >= 11 is 3.45. The van der Waals surface area contributed by atoms with Gasteiger partial charge < -0.3 is 9.64 Å². The van der Waals surface area contributed by atoms with Crippen LogP contribution in [0.15, 0.2) is 28.7 Å². The summed E-state index contributed by atoms with van der Waals surface area (Å²) in [5, 5.41) is 0. The molecule has 1 aliphatic rings. The molecule has 0 saturated heterocycles. The molecule has 1 aliphatic carbocycles. The monoisotopic (exact) mass is 353 g/mol. The van der Waals surface area contributed by atoms with Crippen molar-refractivity contribution in [1.29, 1.82) is 0 Å².